The predicted molar refractivity (Wildman–Crippen MR) is 143 cm³/mol. The van der Waals surface area contributed by atoms with Gasteiger partial charge in [-0.1, -0.05) is 43.2 Å². The number of nitrogens with zero attached hydrogens (tertiary/aromatic N) is 1. The molecule has 3 aliphatic rings. The first kappa shape index (κ1) is 26.9. The molecule has 0 spiro atoms. The Bertz CT molecular complexity index is 1260. The Morgan fingerprint density at radius 3 is 2.59 bits per heavy atom. The summed E-state index contributed by atoms with van der Waals surface area (Å²) in [6.07, 6.45) is 4.12. The lowest BCUT2D eigenvalue weighted by Gasteiger charge is -2.43. The van der Waals surface area contributed by atoms with Gasteiger partial charge in [-0.3, -0.25) is 14.4 Å². The molecule has 206 valence electrons. The van der Waals surface area contributed by atoms with Crippen LogP contribution < -0.4 is 14.8 Å². The minimum Gasteiger partial charge on any atom is -0.493 e. The number of nitrogens with one attached hydrogen (secondary N) is 1. The van der Waals surface area contributed by atoms with Gasteiger partial charge < -0.3 is 29.9 Å². The molecule has 3 N–H and O–H groups in total. The summed E-state index contributed by atoms with van der Waals surface area (Å²) < 4.78 is 11.8. The minimum atomic E-state index is -1.14. The number of rotatable bonds is 9. The molecule has 1 fully saturated rings. The Hall–Kier alpha value is -3.69. The van der Waals surface area contributed by atoms with Crippen LogP contribution in [0.1, 0.15) is 53.1 Å². The quantitative estimate of drug-likeness (QED) is 0.421. The van der Waals surface area contributed by atoms with Crippen LogP contribution in [0, 0.1) is 0 Å². The molecule has 0 saturated heterocycles. The summed E-state index contributed by atoms with van der Waals surface area (Å²) in [6.45, 7) is -0.190. The van der Waals surface area contributed by atoms with Crippen LogP contribution in [0.15, 0.2) is 54.1 Å². The molecule has 9 heteroatoms. The maximum absolute atomic E-state index is 13.8. The van der Waals surface area contributed by atoms with E-state index in [9.17, 15) is 24.6 Å². The van der Waals surface area contributed by atoms with E-state index < -0.39 is 30.1 Å². The third-order valence-corrected chi connectivity index (χ3v) is 7.94. The Morgan fingerprint density at radius 1 is 1.18 bits per heavy atom. The van der Waals surface area contributed by atoms with Crippen LogP contribution in [0.25, 0.3) is 0 Å². The second-order valence-electron chi connectivity index (χ2n) is 10.3. The smallest absolute Gasteiger partial charge is 0.247 e. The zero-order chi connectivity index (χ0) is 27.5. The number of hydrogen-bond donors (Lipinski definition) is 3. The predicted octanol–water partition coefficient (Wildman–Crippen LogP) is 2.14. The van der Waals surface area contributed by atoms with Crippen molar-refractivity contribution in [2.75, 3.05) is 20.3 Å². The third-order valence-electron chi connectivity index (χ3n) is 7.94. The monoisotopic (exact) mass is 534 g/mol. The molecular formula is C30H34N2O7. The molecule has 5 rings (SSSR count). The second kappa shape index (κ2) is 11.6. The number of carbonyl (C=O) groups excluding carboxylic acids is 3. The van der Waals surface area contributed by atoms with Crippen LogP contribution in [-0.2, 0) is 16.0 Å². The number of ether oxygens (including phenoxy) is 2. The number of methoxy groups -OCH3 is 1. The molecule has 4 atom stereocenters. The van der Waals surface area contributed by atoms with Gasteiger partial charge in [0.2, 0.25) is 11.8 Å². The molecule has 1 aliphatic heterocycles. The van der Waals surface area contributed by atoms with Gasteiger partial charge in [-0.25, -0.2) is 0 Å². The number of aliphatic hydroxyl groups excluding tert-OH is 2. The van der Waals surface area contributed by atoms with Gasteiger partial charge >= 0.3 is 0 Å². The van der Waals surface area contributed by atoms with E-state index in [1.54, 1.807) is 23.1 Å². The Labute approximate surface area is 227 Å². The summed E-state index contributed by atoms with van der Waals surface area (Å²) in [5.41, 5.74) is 2.11. The van der Waals surface area contributed by atoms with Crippen molar-refractivity contribution < 1.29 is 34.1 Å². The third kappa shape index (κ3) is 5.16. The number of amides is 2. The lowest BCUT2D eigenvalue weighted by molar-refractivity contribution is -0.139. The average molecular weight is 535 g/mol. The van der Waals surface area contributed by atoms with Crippen LogP contribution in [-0.4, -0.2) is 77.8 Å². The van der Waals surface area contributed by atoms with Gasteiger partial charge in [0.15, 0.2) is 11.5 Å². The number of carbonyl (C=O) groups is 3. The standard InChI is InChI=1S/C30H34N2O7/c1-38-24-14-19(17-34)13-21-26-22(30(37)31-11-12-33)16-23(27(36)29(26)39-28(21)24)32(20-9-5-6-10-20)25(35)15-18-7-3-2-4-8-18/h2-4,7-8,13-14,16-17,20,23,26-27,29,33,36H,5-6,9-12,15H2,1H3,(H,31,37)/t23-,26+,27+,29+/m1/s1. The van der Waals surface area contributed by atoms with Crippen LogP contribution in [0.4, 0.5) is 0 Å². The number of hydrogen-bond acceptors (Lipinski definition) is 7. The van der Waals surface area contributed by atoms with E-state index in [1.807, 2.05) is 30.3 Å². The second-order valence-corrected chi connectivity index (χ2v) is 10.3. The molecule has 9 nitrogen and oxygen atoms in total. The molecule has 2 amide bonds. The summed E-state index contributed by atoms with van der Waals surface area (Å²) in [6, 6.07) is 11.8. The summed E-state index contributed by atoms with van der Waals surface area (Å²) in [4.78, 5) is 40.7. The fourth-order valence-corrected chi connectivity index (χ4v) is 6.19. The van der Waals surface area contributed by atoms with Gasteiger partial charge in [0, 0.05) is 29.3 Å². The highest BCUT2D eigenvalue weighted by Gasteiger charge is 2.52. The van der Waals surface area contributed by atoms with E-state index in [0.717, 1.165) is 31.2 Å². The van der Waals surface area contributed by atoms with Crippen molar-refractivity contribution in [2.24, 2.45) is 0 Å². The molecule has 0 radical (unpaired) electrons. The van der Waals surface area contributed by atoms with Crippen molar-refractivity contribution in [3.05, 3.63) is 70.8 Å². The summed E-state index contributed by atoms with van der Waals surface area (Å²) in [7, 11) is 1.46. The van der Waals surface area contributed by atoms with E-state index in [0.29, 0.717) is 34.5 Å². The first-order valence-corrected chi connectivity index (χ1v) is 13.4. The number of aldehydes is 1. The van der Waals surface area contributed by atoms with E-state index in [4.69, 9.17) is 9.47 Å². The molecule has 39 heavy (non-hydrogen) atoms. The van der Waals surface area contributed by atoms with Crippen molar-refractivity contribution in [1.29, 1.82) is 0 Å². The Morgan fingerprint density at radius 2 is 1.92 bits per heavy atom. The normalized spacial score (nSPS) is 23.7. The first-order chi connectivity index (χ1) is 19.0. The molecule has 2 aromatic rings. The zero-order valence-corrected chi connectivity index (χ0v) is 21.9. The van der Waals surface area contributed by atoms with Crippen LogP contribution in [0.2, 0.25) is 0 Å². The van der Waals surface area contributed by atoms with E-state index in [1.165, 1.54) is 7.11 Å². The average Bonchev–Trinajstić information content (AvgIpc) is 3.62. The molecule has 0 aromatic heterocycles. The lowest BCUT2D eigenvalue weighted by atomic mass is 9.77. The maximum Gasteiger partial charge on any atom is 0.247 e. The van der Waals surface area contributed by atoms with Crippen molar-refractivity contribution in [3.8, 4) is 11.5 Å². The lowest BCUT2D eigenvalue weighted by Crippen LogP contribution is -2.58. The van der Waals surface area contributed by atoms with Gasteiger partial charge in [-0.2, -0.15) is 0 Å². The van der Waals surface area contributed by atoms with Gasteiger partial charge in [0.05, 0.1) is 32.1 Å². The minimum absolute atomic E-state index is 0.0471. The fraction of sp³-hybridized carbons (Fsp3) is 0.433. The first-order valence-electron chi connectivity index (χ1n) is 13.4. The summed E-state index contributed by atoms with van der Waals surface area (Å²) >= 11 is 0. The van der Waals surface area contributed by atoms with Gasteiger partial charge in [0.25, 0.3) is 0 Å². The molecule has 1 heterocycles. The van der Waals surface area contributed by atoms with Crippen molar-refractivity contribution in [1.82, 2.24) is 10.2 Å². The highest BCUT2D eigenvalue weighted by molar-refractivity contribution is 5.96. The van der Waals surface area contributed by atoms with Gasteiger partial charge in [-0.15, -0.1) is 0 Å². The SMILES string of the molecule is COc1cc(C=O)cc2c1O[C@@H]1[C@@H](O)[C@H](N(C(=O)Cc3ccccc3)C3CCCC3)C=C(C(=O)NCCO)[C@H]21. The van der Waals surface area contributed by atoms with Crippen LogP contribution >= 0.6 is 0 Å². The van der Waals surface area contributed by atoms with Crippen LogP contribution in [0.5, 0.6) is 11.5 Å². The van der Waals surface area contributed by atoms with Crippen molar-refractivity contribution in [3.63, 3.8) is 0 Å². The zero-order valence-electron chi connectivity index (χ0n) is 21.9. The van der Waals surface area contributed by atoms with E-state index in [2.05, 4.69) is 5.32 Å². The summed E-state index contributed by atoms with van der Waals surface area (Å²) in [5, 5.41) is 23.8. The highest BCUT2D eigenvalue weighted by atomic mass is 16.5. The van der Waals surface area contributed by atoms with Gasteiger partial charge in [-0.05, 0) is 36.6 Å². The van der Waals surface area contributed by atoms with Crippen molar-refractivity contribution in [2.45, 2.75) is 62.3 Å². The summed E-state index contributed by atoms with van der Waals surface area (Å²) in [5.74, 6) is -0.547. The largest absolute Gasteiger partial charge is 0.493 e. The molecule has 0 unspecified atom stereocenters. The number of aliphatic hydroxyl groups is 2. The molecular weight excluding hydrogens is 500 g/mol. The Balaban J connectivity index is 1.58. The van der Waals surface area contributed by atoms with E-state index in [-0.39, 0.29) is 31.5 Å². The molecule has 2 aliphatic carbocycles. The fourth-order valence-electron chi connectivity index (χ4n) is 6.19. The topological polar surface area (TPSA) is 125 Å². The highest BCUT2D eigenvalue weighted by Crippen LogP contribution is 2.51. The maximum atomic E-state index is 13.8. The van der Waals surface area contributed by atoms with Crippen LogP contribution in [0.3, 0.4) is 0 Å². The number of benzene rings is 2. The van der Waals surface area contributed by atoms with Crippen molar-refractivity contribution >= 4 is 18.1 Å². The Kier molecular flexibility index (Phi) is 7.99. The van der Waals surface area contributed by atoms with E-state index >= 15 is 0 Å². The number of fused-ring (bicyclic) bond motifs is 3. The molecule has 0 bridgehead atoms. The molecule has 2 aromatic carbocycles. The molecule has 1 saturated carbocycles. The van der Waals surface area contributed by atoms with Gasteiger partial charge in [0.1, 0.15) is 18.5 Å².